The van der Waals surface area contributed by atoms with Crippen LogP contribution >= 0.6 is 11.3 Å². The molecule has 7 heteroatoms. The van der Waals surface area contributed by atoms with E-state index in [1.165, 1.54) is 0 Å². The van der Waals surface area contributed by atoms with Crippen molar-refractivity contribution in [1.82, 2.24) is 15.6 Å². The van der Waals surface area contributed by atoms with Crippen LogP contribution in [0, 0.1) is 12.8 Å². The fourth-order valence-electron chi connectivity index (χ4n) is 1.45. The zero-order valence-corrected chi connectivity index (χ0v) is 11.9. The topological polar surface area (TPSA) is 91.3 Å². The molecule has 0 fully saturated rings. The van der Waals surface area contributed by atoms with Crippen molar-refractivity contribution in [2.24, 2.45) is 5.92 Å². The van der Waals surface area contributed by atoms with Gasteiger partial charge in [0.25, 0.3) is 0 Å². The number of amides is 2. The van der Waals surface area contributed by atoms with Crippen LogP contribution in [0.2, 0.25) is 0 Å². The Bertz CT molecular complexity index is 434. The van der Waals surface area contributed by atoms with Gasteiger partial charge < -0.3 is 15.7 Å². The predicted octanol–water partition coefficient (Wildman–Crippen LogP) is 1.75. The van der Waals surface area contributed by atoms with Crippen LogP contribution in [-0.2, 0) is 11.3 Å². The molecule has 6 nitrogen and oxygen atoms in total. The number of carboxylic acid groups (broad SMARTS) is 1. The van der Waals surface area contributed by atoms with Crippen LogP contribution in [0.15, 0.2) is 6.20 Å². The molecule has 1 aromatic rings. The predicted molar refractivity (Wildman–Crippen MR) is 73.1 cm³/mol. The van der Waals surface area contributed by atoms with Crippen LogP contribution in [0.5, 0.6) is 0 Å². The lowest BCUT2D eigenvalue weighted by Crippen LogP contribution is -2.35. The first-order chi connectivity index (χ1) is 8.99. The summed E-state index contributed by atoms with van der Waals surface area (Å²) < 4.78 is 0. The average Bonchev–Trinajstić information content (AvgIpc) is 2.77. The summed E-state index contributed by atoms with van der Waals surface area (Å²) in [7, 11) is 0. The number of hydrogen-bond acceptors (Lipinski definition) is 4. The van der Waals surface area contributed by atoms with Gasteiger partial charge in [0.1, 0.15) is 0 Å². The number of aliphatic carboxylic acids is 1. The second-order valence-electron chi connectivity index (χ2n) is 4.34. The quantitative estimate of drug-likeness (QED) is 0.666. The summed E-state index contributed by atoms with van der Waals surface area (Å²) in [6, 6.07) is -0.242. The van der Waals surface area contributed by atoms with Gasteiger partial charge in [0.15, 0.2) is 0 Å². The average molecular weight is 285 g/mol. The molecule has 0 bridgehead atoms. The molecule has 3 N–H and O–H groups in total. The molecule has 0 aliphatic heterocycles. The molecule has 0 spiro atoms. The number of thiazole rings is 1. The summed E-state index contributed by atoms with van der Waals surface area (Å²) in [5, 5.41) is 15.1. The first-order valence-electron chi connectivity index (χ1n) is 6.15. The fourth-order valence-corrected chi connectivity index (χ4v) is 2.19. The van der Waals surface area contributed by atoms with E-state index < -0.39 is 5.97 Å². The largest absolute Gasteiger partial charge is 0.481 e. The highest BCUT2D eigenvalue weighted by Gasteiger charge is 2.10. The van der Waals surface area contributed by atoms with Crippen molar-refractivity contribution < 1.29 is 14.7 Å². The molecular weight excluding hydrogens is 266 g/mol. The number of carbonyl (C=O) groups is 2. The maximum atomic E-state index is 11.4. The molecular formula is C12H19N3O3S. The van der Waals surface area contributed by atoms with Gasteiger partial charge in [0.05, 0.1) is 17.5 Å². The molecule has 1 aromatic heterocycles. The van der Waals surface area contributed by atoms with Crippen molar-refractivity contribution in [2.45, 2.75) is 33.2 Å². The summed E-state index contributed by atoms with van der Waals surface area (Å²) >= 11 is 1.55. The smallest absolute Gasteiger partial charge is 0.315 e. The molecule has 0 saturated heterocycles. The molecule has 106 valence electrons. The number of aryl methyl sites for hydroxylation is 1. The third kappa shape index (κ3) is 6.19. The highest BCUT2D eigenvalue weighted by Crippen LogP contribution is 2.10. The summed E-state index contributed by atoms with van der Waals surface area (Å²) in [5.74, 6) is -1.17. The van der Waals surface area contributed by atoms with E-state index in [0.717, 1.165) is 9.88 Å². The van der Waals surface area contributed by atoms with Crippen molar-refractivity contribution in [1.29, 1.82) is 0 Å². The molecule has 0 aliphatic rings. The minimum Gasteiger partial charge on any atom is -0.481 e. The first-order valence-corrected chi connectivity index (χ1v) is 6.96. The number of hydrogen-bond donors (Lipinski definition) is 3. The van der Waals surface area contributed by atoms with Crippen LogP contribution in [0.1, 0.15) is 29.7 Å². The third-order valence-corrected chi connectivity index (χ3v) is 3.53. The van der Waals surface area contributed by atoms with E-state index in [1.807, 2.05) is 6.92 Å². The second kappa shape index (κ2) is 7.73. The molecule has 1 unspecified atom stereocenters. The van der Waals surface area contributed by atoms with E-state index in [4.69, 9.17) is 5.11 Å². The summed E-state index contributed by atoms with van der Waals surface area (Å²) in [6.07, 6.45) is 2.96. The zero-order chi connectivity index (χ0) is 14.3. The number of aromatic nitrogens is 1. The SMILES string of the molecule is Cc1ncc(CNC(=O)NCCCC(C)C(=O)O)s1. The van der Waals surface area contributed by atoms with Gasteiger partial charge >= 0.3 is 12.0 Å². The Hall–Kier alpha value is -1.63. The first kappa shape index (κ1) is 15.4. The van der Waals surface area contributed by atoms with E-state index in [0.29, 0.717) is 25.9 Å². The maximum absolute atomic E-state index is 11.4. The monoisotopic (exact) mass is 285 g/mol. The molecule has 1 atom stereocenters. The Labute approximate surface area is 116 Å². The molecule has 1 rings (SSSR count). The lowest BCUT2D eigenvalue weighted by Gasteiger charge is -2.08. The van der Waals surface area contributed by atoms with E-state index in [9.17, 15) is 9.59 Å². The highest BCUT2D eigenvalue weighted by atomic mass is 32.1. The Morgan fingerprint density at radius 2 is 2.21 bits per heavy atom. The Balaban J connectivity index is 2.10. The fraction of sp³-hybridized carbons (Fsp3) is 0.583. The van der Waals surface area contributed by atoms with Gasteiger partial charge in [-0.2, -0.15) is 0 Å². The normalized spacial score (nSPS) is 11.9. The highest BCUT2D eigenvalue weighted by molar-refractivity contribution is 7.11. The van der Waals surface area contributed by atoms with Gasteiger partial charge in [-0.15, -0.1) is 11.3 Å². The Morgan fingerprint density at radius 3 is 2.79 bits per heavy atom. The second-order valence-corrected chi connectivity index (χ2v) is 5.66. The standard InChI is InChI=1S/C12H19N3O3S/c1-8(11(16)17)4-3-5-13-12(18)15-7-10-6-14-9(2)19-10/h6,8H,3-5,7H2,1-2H3,(H,16,17)(H2,13,15,18). The Morgan fingerprint density at radius 1 is 1.47 bits per heavy atom. The molecule has 0 saturated carbocycles. The van der Waals surface area contributed by atoms with Crippen LogP contribution in [-0.4, -0.2) is 28.6 Å². The van der Waals surface area contributed by atoms with Gasteiger partial charge in [-0.25, -0.2) is 9.78 Å². The summed E-state index contributed by atoms with van der Waals surface area (Å²) in [6.45, 7) is 4.51. The van der Waals surface area contributed by atoms with Crippen LogP contribution in [0.3, 0.4) is 0 Å². The van der Waals surface area contributed by atoms with Gasteiger partial charge in [0, 0.05) is 17.6 Å². The summed E-state index contributed by atoms with van der Waals surface area (Å²) in [4.78, 5) is 27.1. The minimum absolute atomic E-state index is 0.242. The molecule has 19 heavy (non-hydrogen) atoms. The van der Waals surface area contributed by atoms with E-state index in [2.05, 4.69) is 15.6 Å². The number of urea groups is 1. The van der Waals surface area contributed by atoms with E-state index >= 15 is 0 Å². The summed E-state index contributed by atoms with van der Waals surface area (Å²) in [5.41, 5.74) is 0. The molecule has 2 amide bonds. The van der Waals surface area contributed by atoms with Crippen molar-refractivity contribution >= 4 is 23.3 Å². The van der Waals surface area contributed by atoms with Gasteiger partial charge in [-0.1, -0.05) is 6.92 Å². The minimum atomic E-state index is -0.801. The number of rotatable bonds is 7. The van der Waals surface area contributed by atoms with Crippen molar-refractivity contribution in [3.8, 4) is 0 Å². The number of carboxylic acids is 1. The van der Waals surface area contributed by atoms with Crippen molar-refractivity contribution in [3.05, 3.63) is 16.1 Å². The number of nitrogens with zero attached hydrogens (tertiary/aromatic N) is 1. The molecule has 0 radical (unpaired) electrons. The maximum Gasteiger partial charge on any atom is 0.315 e. The van der Waals surface area contributed by atoms with Crippen LogP contribution < -0.4 is 10.6 Å². The van der Waals surface area contributed by atoms with Crippen molar-refractivity contribution in [2.75, 3.05) is 6.54 Å². The van der Waals surface area contributed by atoms with Gasteiger partial charge in [0.2, 0.25) is 0 Å². The van der Waals surface area contributed by atoms with Crippen LogP contribution in [0.4, 0.5) is 4.79 Å². The third-order valence-electron chi connectivity index (χ3n) is 2.61. The van der Waals surface area contributed by atoms with Gasteiger partial charge in [-0.3, -0.25) is 4.79 Å². The lowest BCUT2D eigenvalue weighted by molar-refractivity contribution is -0.141. The van der Waals surface area contributed by atoms with E-state index in [1.54, 1.807) is 24.5 Å². The number of carbonyl (C=O) groups excluding carboxylic acids is 1. The lowest BCUT2D eigenvalue weighted by atomic mass is 10.1. The molecule has 1 heterocycles. The van der Waals surface area contributed by atoms with Crippen LogP contribution in [0.25, 0.3) is 0 Å². The Kier molecular flexibility index (Phi) is 6.27. The van der Waals surface area contributed by atoms with Crippen molar-refractivity contribution in [3.63, 3.8) is 0 Å². The molecule has 0 aliphatic carbocycles. The molecule has 0 aromatic carbocycles. The zero-order valence-electron chi connectivity index (χ0n) is 11.1. The van der Waals surface area contributed by atoms with E-state index in [-0.39, 0.29) is 11.9 Å². The number of nitrogens with one attached hydrogen (secondary N) is 2. The van der Waals surface area contributed by atoms with Gasteiger partial charge in [-0.05, 0) is 19.8 Å².